The zero-order valence-corrected chi connectivity index (χ0v) is 38.3. The van der Waals surface area contributed by atoms with E-state index in [-0.39, 0.29) is 98.3 Å². The fourth-order valence-electron chi connectivity index (χ4n) is 11.0. The second-order valence-corrected chi connectivity index (χ2v) is 18.2. The Morgan fingerprint density at radius 1 is 0.319 bits per heavy atom. The van der Waals surface area contributed by atoms with Crippen molar-refractivity contribution in [2.24, 2.45) is 0 Å². The lowest BCUT2D eigenvalue weighted by Gasteiger charge is -2.28. The average molecular weight is 889 g/mol. The van der Waals surface area contributed by atoms with Gasteiger partial charge in [0.25, 0.3) is 0 Å². The number of hydrogen-bond acceptors (Lipinski definition) is 4. The summed E-state index contributed by atoms with van der Waals surface area (Å²) in [6.07, 6.45) is 0. The first-order valence-corrected chi connectivity index (χ1v) is 23.0. The van der Waals surface area contributed by atoms with Crippen LogP contribution in [0.15, 0.2) is 140 Å². The van der Waals surface area contributed by atoms with Crippen LogP contribution in [0.4, 0.5) is 0 Å². The summed E-state index contributed by atoms with van der Waals surface area (Å²) < 4.78 is 2.27. The highest BCUT2D eigenvalue weighted by Gasteiger charge is 2.27. The Hall–Kier alpha value is -7.76. The van der Waals surface area contributed by atoms with E-state index in [1.165, 1.54) is 0 Å². The van der Waals surface area contributed by atoms with Crippen molar-refractivity contribution < 1.29 is 5.11 Å². The second kappa shape index (κ2) is 16.1. The summed E-state index contributed by atoms with van der Waals surface area (Å²) in [6, 6.07) is 47.5. The van der Waals surface area contributed by atoms with Crippen LogP contribution in [0.2, 0.25) is 0 Å². The van der Waals surface area contributed by atoms with Gasteiger partial charge in [0, 0.05) is 27.5 Å². The van der Waals surface area contributed by atoms with E-state index in [2.05, 4.69) is 89.5 Å². The van der Waals surface area contributed by atoms with Crippen LogP contribution in [-0.4, -0.2) is 103 Å². The zero-order valence-electron chi connectivity index (χ0n) is 38.3. The van der Waals surface area contributed by atoms with Crippen molar-refractivity contribution in [3.8, 4) is 45.6 Å². The molecule has 1 N–H and O–H groups in total. The maximum atomic E-state index is 11.3. The lowest BCUT2D eigenvalue weighted by atomic mass is 9.59. The van der Waals surface area contributed by atoms with E-state index in [1.54, 1.807) is 0 Å². The molecule has 0 unspecified atom stereocenters. The Morgan fingerprint density at radius 2 is 0.708 bits per heavy atom. The molecule has 20 radical (unpaired) electrons. The highest BCUT2D eigenvalue weighted by molar-refractivity contribution is 6.73. The molecule has 0 saturated carbocycles. The minimum Gasteiger partial charge on any atom is -0.509 e. The maximum Gasteiger partial charge on any atom is 0.166 e. The molecule has 15 heteroatoms. The zero-order chi connectivity index (χ0) is 49.6. The van der Waals surface area contributed by atoms with Crippen LogP contribution in [0.25, 0.3) is 126 Å². The first kappa shape index (κ1) is 44.2. The molecule has 0 spiro atoms. The van der Waals surface area contributed by atoms with Crippen molar-refractivity contribution in [1.29, 1.82) is 0 Å². The fraction of sp³-hybridized carbons (Fsp3) is 0. The molecule has 0 saturated heterocycles. The maximum absolute atomic E-state index is 11.3. The lowest BCUT2D eigenvalue weighted by molar-refractivity contribution is 0.485. The first-order chi connectivity index (χ1) is 34.8. The molecular weight excluding hydrogens is 865 g/mol. The number of benzene rings is 11. The number of hydrogen-bond donors (Lipinski definition) is 1. The SMILES string of the molecule is [B]c1c([B])c([B])c2c(c1[B])c1c([B])c([B])c(-c3nc(-c4ccccc4)nc(-c4cc5c6ccccc6c6ccccc6c5cc4-n4c5ccccc5c5ccccc54)n3)c([B])c1c1c([B])c([B])c(O)c([B])c21. The van der Waals surface area contributed by atoms with Gasteiger partial charge in [-0.15, -0.1) is 10.9 Å². The summed E-state index contributed by atoms with van der Waals surface area (Å²) in [6.45, 7) is 0. The van der Waals surface area contributed by atoms with Gasteiger partial charge in [-0.3, -0.25) is 0 Å². The van der Waals surface area contributed by atoms with Gasteiger partial charge in [-0.2, -0.15) is 0 Å². The fourth-order valence-corrected chi connectivity index (χ4v) is 11.0. The number of rotatable bonds is 4. The van der Waals surface area contributed by atoms with Crippen molar-refractivity contribution in [3.63, 3.8) is 0 Å². The Balaban J connectivity index is 1.22. The standard InChI is InChI=1S/C57H24B10N4O/c58-44-37-38(40-41(47(61)52(66)51(65)46(40)60)42-39(37)48(62)53(67)54(72)50(42)64)45(59)49(63)43(44)57-69-55(24-12-2-1-3-13-24)68-56(70-57)33-22-31-27-16-6-4-14-25(27)26-15-5-7-17-28(26)32(31)23-36(33)71-34-20-10-8-18-29(34)30-19-9-11-21-35(30)71/h1-23,72H. The van der Waals surface area contributed by atoms with E-state index in [0.717, 1.165) is 59.8 Å². The number of aromatic nitrogens is 4. The minimum atomic E-state index is -0.471. The molecule has 0 fully saturated rings. The number of nitrogens with zero attached hydrogens (tertiary/aromatic N) is 4. The average Bonchev–Trinajstić information content (AvgIpc) is 3.75. The van der Waals surface area contributed by atoms with Gasteiger partial charge in [-0.05, 0) is 94.4 Å². The number of fused-ring (bicyclic) bond motifs is 15. The van der Waals surface area contributed by atoms with Gasteiger partial charge in [0.05, 0.1) is 16.7 Å². The molecule has 2 heterocycles. The highest BCUT2D eigenvalue weighted by atomic mass is 16.3. The molecule has 13 rings (SSSR count). The molecule has 5 nitrogen and oxygen atoms in total. The molecule has 0 bridgehead atoms. The van der Waals surface area contributed by atoms with Gasteiger partial charge in [-0.1, -0.05) is 154 Å². The van der Waals surface area contributed by atoms with E-state index in [0.29, 0.717) is 22.8 Å². The summed E-state index contributed by atoms with van der Waals surface area (Å²) in [7, 11) is 68.5. The van der Waals surface area contributed by atoms with Crippen LogP contribution in [0.5, 0.6) is 5.75 Å². The van der Waals surface area contributed by atoms with Gasteiger partial charge in [0.2, 0.25) is 0 Å². The third-order valence-corrected chi connectivity index (χ3v) is 14.4. The van der Waals surface area contributed by atoms with Gasteiger partial charge in [-0.25, -0.2) is 15.0 Å². The number of phenolic OH excluding ortho intramolecular Hbond substituents is 1. The molecule has 0 aliphatic carbocycles. The monoisotopic (exact) mass is 890 g/mol. The van der Waals surface area contributed by atoms with Crippen LogP contribution < -0.4 is 54.6 Å². The molecule has 13 aromatic rings. The van der Waals surface area contributed by atoms with E-state index in [1.807, 2.05) is 54.6 Å². The Morgan fingerprint density at radius 3 is 1.25 bits per heavy atom. The lowest BCUT2D eigenvalue weighted by Crippen LogP contribution is -2.49. The predicted molar refractivity (Wildman–Crippen MR) is 311 cm³/mol. The number of phenols is 1. The van der Waals surface area contributed by atoms with Crippen LogP contribution in [0.1, 0.15) is 0 Å². The van der Waals surface area contributed by atoms with E-state index < -0.39 is 5.75 Å². The van der Waals surface area contributed by atoms with Crippen molar-refractivity contribution in [2.75, 3.05) is 0 Å². The third kappa shape index (κ3) is 6.06. The summed E-state index contributed by atoms with van der Waals surface area (Å²) in [4.78, 5) is 15.8. The van der Waals surface area contributed by atoms with Crippen LogP contribution in [0, 0.1) is 0 Å². The van der Waals surface area contributed by atoms with Crippen LogP contribution in [-0.2, 0) is 0 Å². The third-order valence-electron chi connectivity index (χ3n) is 14.4. The summed E-state index contributed by atoms with van der Waals surface area (Å²) >= 11 is 0. The van der Waals surface area contributed by atoms with Gasteiger partial charge >= 0.3 is 0 Å². The van der Waals surface area contributed by atoms with Crippen LogP contribution >= 0.6 is 0 Å². The molecule has 308 valence electrons. The molecule has 2 aromatic heterocycles. The molecule has 72 heavy (non-hydrogen) atoms. The Bertz CT molecular complexity index is 4500. The molecule has 0 aliphatic rings. The quantitative estimate of drug-likeness (QED) is 0.218. The molecular formula is C57H24B10N4O. The smallest absolute Gasteiger partial charge is 0.166 e. The van der Waals surface area contributed by atoms with E-state index in [9.17, 15) is 5.11 Å². The number of para-hydroxylation sites is 2. The van der Waals surface area contributed by atoms with Crippen molar-refractivity contribution >= 4 is 220 Å². The molecule has 0 aliphatic heterocycles. The summed E-state index contributed by atoms with van der Waals surface area (Å²) in [5.41, 5.74) is 4.04. The second-order valence-electron chi connectivity index (χ2n) is 18.2. The number of aromatic hydroxyl groups is 1. The summed E-state index contributed by atoms with van der Waals surface area (Å²) in [5.74, 6) is 0.260. The van der Waals surface area contributed by atoms with Crippen molar-refractivity contribution in [2.45, 2.75) is 0 Å². The minimum absolute atomic E-state index is 0.00249. The molecule has 11 aromatic carbocycles. The van der Waals surface area contributed by atoms with Crippen LogP contribution in [0.3, 0.4) is 0 Å². The predicted octanol–water partition coefficient (Wildman–Crippen LogP) is 2.53. The van der Waals surface area contributed by atoms with Gasteiger partial charge in [0.15, 0.2) is 17.5 Å². The normalized spacial score (nSPS) is 11.9. The highest BCUT2D eigenvalue weighted by Crippen LogP contribution is 2.43. The molecule has 0 amide bonds. The first-order valence-electron chi connectivity index (χ1n) is 23.0. The summed E-state index contributed by atoms with van der Waals surface area (Å²) in [5, 5.41) is 21.2. The van der Waals surface area contributed by atoms with E-state index >= 15 is 0 Å². The van der Waals surface area contributed by atoms with Gasteiger partial charge < -0.3 is 9.67 Å². The van der Waals surface area contributed by atoms with Crippen molar-refractivity contribution in [1.82, 2.24) is 19.5 Å². The largest absolute Gasteiger partial charge is 0.509 e. The Labute approximate surface area is 427 Å². The van der Waals surface area contributed by atoms with Gasteiger partial charge in [0.1, 0.15) is 84.2 Å². The molecule has 0 atom stereocenters. The topological polar surface area (TPSA) is 63.8 Å². The van der Waals surface area contributed by atoms with E-state index in [4.69, 9.17) is 93.4 Å². The Kier molecular flexibility index (Phi) is 9.90. The van der Waals surface area contributed by atoms with Crippen molar-refractivity contribution in [3.05, 3.63) is 140 Å².